The van der Waals surface area contributed by atoms with Gasteiger partial charge in [-0.1, -0.05) is 27.7 Å². The van der Waals surface area contributed by atoms with Crippen LogP contribution in [0, 0.1) is 5.92 Å². The molecule has 0 aliphatic carbocycles. The second kappa shape index (κ2) is 10.2. The summed E-state index contributed by atoms with van der Waals surface area (Å²) >= 11 is 0. The molecule has 0 aromatic rings. The number of nitrogens with zero attached hydrogens (tertiary/aromatic N) is 1. The number of hydrogen-bond donors (Lipinski definition) is 2. The van der Waals surface area contributed by atoms with Crippen LogP contribution in [0.3, 0.4) is 0 Å². The van der Waals surface area contributed by atoms with Crippen molar-refractivity contribution in [3.05, 3.63) is 0 Å². The molecular formula is C14H30N2O3. The van der Waals surface area contributed by atoms with Gasteiger partial charge in [0.1, 0.15) is 6.04 Å². The summed E-state index contributed by atoms with van der Waals surface area (Å²) in [5.41, 5.74) is 0. The normalized spacial score (nSPS) is 13.5. The molecule has 0 rings (SSSR count). The predicted molar refractivity (Wildman–Crippen MR) is 77.5 cm³/mol. The van der Waals surface area contributed by atoms with Crippen LogP contribution in [-0.2, 0) is 9.53 Å². The monoisotopic (exact) mass is 274 g/mol. The number of hydrogen-bond acceptors (Lipinski definition) is 4. The maximum Gasteiger partial charge on any atom is 0.320 e. The first-order valence-corrected chi connectivity index (χ1v) is 7.07. The van der Waals surface area contributed by atoms with E-state index in [1.807, 2.05) is 13.8 Å². The quantitative estimate of drug-likeness (QED) is 0.597. The standard InChI is InChI=1S/C14H30N2O3/c1-11(2)10-16(8-9-19-5)7-6-13(14(17)18)15-12(3)4/h11-13,15H,6-10H2,1-5H3,(H,17,18). The van der Waals surface area contributed by atoms with Crippen LogP contribution in [0.5, 0.6) is 0 Å². The average molecular weight is 274 g/mol. The van der Waals surface area contributed by atoms with Crippen LogP contribution < -0.4 is 5.32 Å². The van der Waals surface area contributed by atoms with Crippen LogP contribution in [-0.4, -0.2) is 61.4 Å². The Labute approximate surface area is 117 Å². The third-order valence-electron chi connectivity index (χ3n) is 2.80. The van der Waals surface area contributed by atoms with Crippen LogP contribution >= 0.6 is 0 Å². The Morgan fingerprint density at radius 1 is 1.26 bits per heavy atom. The van der Waals surface area contributed by atoms with Crippen molar-refractivity contribution < 1.29 is 14.6 Å². The highest BCUT2D eigenvalue weighted by atomic mass is 16.5. The van der Waals surface area contributed by atoms with Gasteiger partial charge >= 0.3 is 5.97 Å². The number of ether oxygens (including phenoxy) is 1. The smallest absolute Gasteiger partial charge is 0.320 e. The van der Waals surface area contributed by atoms with E-state index in [0.29, 0.717) is 18.9 Å². The summed E-state index contributed by atoms with van der Waals surface area (Å²) in [6, 6.07) is -0.296. The Kier molecular flexibility index (Phi) is 9.83. The second-order valence-corrected chi connectivity index (χ2v) is 5.69. The molecule has 0 heterocycles. The van der Waals surface area contributed by atoms with Crippen LogP contribution in [0.15, 0.2) is 0 Å². The number of carbonyl (C=O) groups is 1. The fourth-order valence-electron chi connectivity index (χ4n) is 2.02. The van der Waals surface area contributed by atoms with E-state index < -0.39 is 12.0 Å². The Balaban J connectivity index is 4.27. The van der Waals surface area contributed by atoms with Gasteiger partial charge in [-0.05, 0) is 12.3 Å². The maximum atomic E-state index is 11.2. The van der Waals surface area contributed by atoms with Gasteiger partial charge in [0, 0.05) is 32.8 Å². The molecule has 1 unspecified atom stereocenters. The number of methoxy groups -OCH3 is 1. The molecule has 1 atom stereocenters. The van der Waals surface area contributed by atoms with Gasteiger partial charge in [-0.15, -0.1) is 0 Å². The molecule has 114 valence electrons. The third-order valence-corrected chi connectivity index (χ3v) is 2.80. The van der Waals surface area contributed by atoms with E-state index in [-0.39, 0.29) is 6.04 Å². The van der Waals surface area contributed by atoms with Crippen molar-refractivity contribution in [3.8, 4) is 0 Å². The van der Waals surface area contributed by atoms with Gasteiger partial charge in [0.05, 0.1) is 6.61 Å². The van der Waals surface area contributed by atoms with Gasteiger partial charge in [0.25, 0.3) is 0 Å². The van der Waals surface area contributed by atoms with Crippen molar-refractivity contribution in [2.75, 3.05) is 33.4 Å². The number of rotatable bonds is 11. The highest BCUT2D eigenvalue weighted by molar-refractivity contribution is 5.73. The molecular weight excluding hydrogens is 244 g/mol. The summed E-state index contributed by atoms with van der Waals surface area (Å²) in [5.74, 6) is -0.205. The minimum absolute atomic E-state index is 0.179. The van der Waals surface area contributed by atoms with Gasteiger partial charge in [-0.3, -0.25) is 4.79 Å². The Morgan fingerprint density at radius 2 is 1.89 bits per heavy atom. The zero-order valence-electron chi connectivity index (χ0n) is 13.0. The van der Waals surface area contributed by atoms with Crippen LogP contribution in [0.1, 0.15) is 34.1 Å². The predicted octanol–water partition coefficient (Wildman–Crippen LogP) is 1.43. The first-order valence-electron chi connectivity index (χ1n) is 7.07. The zero-order chi connectivity index (χ0) is 14.8. The molecule has 0 aliphatic rings. The summed E-state index contributed by atoms with van der Waals surface area (Å²) < 4.78 is 5.10. The fraction of sp³-hybridized carbons (Fsp3) is 0.929. The highest BCUT2D eigenvalue weighted by Crippen LogP contribution is 2.03. The highest BCUT2D eigenvalue weighted by Gasteiger charge is 2.19. The lowest BCUT2D eigenvalue weighted by Crippen LogP contribution is -2.44. The minimum atomic E-state index is -0.773. The van der Waals surface area contributed by atoms with E-state index in [4.69, 9.17) is 4.74 Å². The minimum Gasteiger partial charge on any atom is -0.480 e. The van der Waals surface area contributed by atoms with Crippen molar-refractivity contribution in [1.29, 1.82) is 0 Å². The van der Waals surface area contributed by atoms with Crippen molar-refractivity contribution in [3.63, 3.8) is 0 Å². The SMILES string of the molecule is COCCN(CCC(NC(C)C)C(=O)O)CC(C)C. The molecule has 0 aliphatic heterocycles. The maximum absolute atomic E-state index is 11.2. The summed E-state index contributed by atoms with van der Waals surface area (Å²) in [5, 5.41) is 12.3. The number of carboxylic acid groups (broad SMARTS) is 1. The van der Waals surface area contributed by atoms with Gasteiger partial charge in [-0.2, -0.15) is 0 Å². The van der Waals surface area contributed by atoms with Crippen LogP contribution in [0.4, 0.5) is 0 Å². The molecule has 5 heteroatoms. The van der Waals surface area contributed by atoms with Crippen molar-refractivity contribution in [1.82, 2.24) is 10.2 Å². The topological polar surface area (TPSA) is 61.8 Å². The Bertz CT molecular complexity index is 245. The molecule has 0 saturated carbocycles. The molecule has 0 amide bonds. The Morgan fingerprint density at radius 3 is 2.32 bits per heavy atom. The first kappa shape index (κ1) is 18.4. The van der Waals surface area contributed by atoms with E-state index in [2.05, 4.69) is 24.1 Å². The molecule has 0 aromatic heterocycles. The fourth-order valence-corrected chi connectivity index (χ4v) is 2.02. The van der Waals surface area contributed by atoms with Gasteiger partial charge in [-0.25, -0.2) is 0 Å². The van der Waals surface area contributed by atoms with Crippen molar-refractivity contribution in [2.45, 2.75) is 46.2 Å². The molecule has 2 N–H and O–H groups in total. The average Bonchev–Trinajstić information content (AvgIpc) is 2.29. The van der Waals surface area contributed by atoms with E-state index in [9.17, 15) is 9.90 Å². The molecule has 0 bridgehead atoms. The molecule has 19 heavy (non-hydrogen) atoms. The van der Waals surface area contributed by atoms with E-state index in [1.165, 1.54) is 0 Å². The summed E-state index contributed by atoms with van der Waals surface area (Å²) in [6.45, 7) is 11.5. The molecule has 0 saturated heterocycles. The van der Waals surface area contributed by atoms with Gasteiger partial charge in [0.15, 0.2) is 0 Å². The largest absolute Gasteiger partial charge is 0.480 e. The summed E-state index contributed by atoms with van der Waals surface area (Å²) in [6.07, 6.45) is 0.615. The van der Waals surface area contributed by atoms with Crippen LogP contribution in [0.25, 0.3) is 0 Å². The summed E-state index contributed by atoms with van der Waals surface area (Å²) in [7, 11) is 1.69. The molecule has 0 fully saturated rings. The Hall–Kier alpha value is -0.650. The van der Waals surface area contributed by atoms with Gasteiger partial charge < -0.3 is 20.1 Å². The van der Waals surface area contributed by atoms with Crippen LogP contribution in [0.2, 0.25) is 0 Å². The lowest BCUT2D eigenvalue weighted by molar-refractivity contribution is -0.140. The van der Waals surface area contributed by atoms with Crippen molar-refractivity contribution >= 4 is 5.97 Å². The van der Waals surface area contributed by atoms with E-state index in [1.54, 1.807) is 7.11 Å². The summed E-state index contributed by atoms with van der Waals surface area (Å²) in [4.78, 5) is 13.4. The number of nitrogens with one attached hydrogen (secondary N) is 1. The number of aliphatic carboxylic acids is 1. The zero-order valence-corrected chi connectivity index (χ0v) is 13.0. The lowest BCUT2D eigenvalue weighted by Gasteiger charge is -2.26. The van der Waals surface area contributed by atoms with Crippen molar-refractivity contribution in [2.24, 2.45) is 5.92 Å². The molecule has 0 spiro atoms. The molecule has 0 radical (unpaired) electrons. The molecule has 0 aromatic carbocycles. The second-order valence-electron chi connectivity index (χ2n) is 5.69. The number of carboxylic acids is 1. The first-order chi connectivity index (χ1) is 8.86. The molecule has 5 nitrogen and oxygen atoms in total. The lowest BCUT2D eigenvalue weighted by atomic mass is 10.1. The van der Waals surface area contributed by atoms with Gasteiger partial charge in [0.2, 0.25) is 0 Å². The van der Waals surface area contributed by atoms with E-state index in [0.717, 1.165) is 19.6 Å². The third kappa shape index (κ3) is 9.87. The van der Waals surface area contributed by atoms with E-state index >= 15 is 0 Å².